The van der Waals surface area contributed by atoms with Crippen molar-refractivity contribution in [2.24, 2.45) is 5.92 Å². The van der Waals surface area contributed by atoms with Crippen molar-refractivity contribution in [3.8, 4) is 0 Å². The zero-order valence-electron chi connectivity index (χ0n) is 17.2. The molecule has 2 atom stereocenters. The first-order valence-electron chi connectivity index (χ1n) is 10.4. The Morgan fingerprint density at radius 2 is 2.03 bits per heavy atom. The Morgan fingerprint density at radius 1 is 1.19 bits per heavy atom. The van der Waals surface area contributed by atoms with Gasteiger partial charge in [0, 0.05) is 42.9 Å². The van der Waals surface area contributed by atoms with E-state index in [0.717, 1.165) is 31.6 Å². The zero-order chi connectivity index (χ0) is 21.4. The molecule has 0 bridgehead atoms. The van der Waals surface area contributed by atoms with E-state index in [4.69, 9.17) is 16.1 Å². The predicted octanol–water partition coefficient (Wildman–Crippen LogP) is 3.51. The van der Waals surface area contributed by atoms with Crippen LogP contribution in [0.3, 0.4) is 0 Å². The summed E-state index contributed by atoms with van der Waals surface area (Å²) in [5, 5.41) is 7.53. The summed E-state index contributed by atoms with van der Waals surface area (Å²) in [6.07, 6.45) is 16.3. The van der Waals surface area contributed by atoms with Crippen LogP contribution in [-0.2, 0) is 4.79 Å². The number of carbonyl (C=O) groups is 1. The second kappa shape index (κ2) is 8.19. The van der Waals surface area contributed by atoms with E-state index in [1.54, 1.807) is 17.3 Å². The van der Waals surface area contributed by atoms with Gasteiger partial charge in [-0.2, -0.15) is 4.98 Å². The molecule has 2 aromatic heterocycles. The maximum absolute atomic E-state index is 12.8. The van der Waals surface area contributed by atoms with Crippen LogP contribution in [0.1, 0.15) is 24.8 Å². The van der Waals surface area contributed by atoms with Crippen LogP contribution in [0.4, 0.5) is 11.8 Å². The van der Waals surface area contributed by atoms with E-state index < -0.39 is 0 Å². The minimum absolute atomic E-state index is 0.00211. The first kappa shape index (κ1) is 19.8. The SMILES string of the molecule is CN1C(=O)C(c2cnoc2)=CC2C=C(Nc3nc(N4CCCCC4)ncc3Cl)C=CC21. The molecule has 4 heterocycles. The summed E-state index contributed by atoms with van der Waals surface area (Å²) in [5.74, 6) is 1.23. The third kappa shape index (κ3) is 3.83. The van der Waals surface area contributed by atoms with Gasteiger partial charge in [-0.15, -0.1) is 0 Å². The molecular weight excluding hydrogens is 416 g/mol. The van der Waals surface area contributed by atoms with E-state index in [9.17, 15) is 4.79 Å². The molecule has 3 aliphatic rings. The Kier molecular flexibility index (Phi) is 5.23. The minimum Gasteiger partial charge on any atom is -0.364 e. The summed E-state index contributed by atoms with van der Waals surface area (Å²) < 4.78 is 4.93. The van der Waals surface area contributed by atoms with Crippen molar-refractivity contribution in [2.45, 2.75) is 25.3 Å². The lowest BCUT2D eigenvalue weighted by Crippen LogP contribution is -2.44. The smallest absolute Gasteiger partial charge is 0.254 e. The van der Waals surface area contributed by atoms with E-state index in [1.165, 1.54) is 12.7 Å². The van der Waals surface area contributed by atoms with E-state index in [-0.39, 0.29) is 17.9 Å². The van der Waals surface area contributed by atoms with E-state index in [0.29, 0.717) is 27.9 Å². The summed E-state index contributed by atoms with van der Waals surface area (Å²) in [4.78, 5) is 25.8. The number of nitrogens with zero attached hydrogens (tertiary/aromatic N) is 5. The van der Waals surface area contributed by atoms with Crippen molar-refractivity contribution in [1.29, 1.82) is 0 Å². The average Bonchev–Trinajstić information content (AvgIpc) is 3.33. The Hall–Kier alpha value is -3.13. The highest BCUT2D eigenvalue weighted by molar-refractivity contribution is 6.32. The van der Waals surface area contributed by atoms with Crippen molar-refractivity contribution in [3.05, 3.63) is 59.2 Å². The molecule has 9 heteroatoms. The van der Waals surface area contributed by atoms with E-state index >= 15 is 0 Å². The molecule has 1 fully saturated rings. The number of carbonyl (C=O) groups excluding carboxylic acids is 1. The van der Waals surface area contributed by atoms with Crippen molar-refractivity contribution in [2.75, 3.05) is 30.4 Å². The molecule has 1 N–H and O–H groups in total. The zero-order valence-corrected chi connectivity index (χ0v) is 17.9. The topological polar surface area (TPSA) is 87.4 Å². The van der Waals surface area contributed by atoms with Crippen LogP contribution in [0.2, 0.25) is 5.02 Å². The number of aromatic nitrogens is 3. The molecule has 0 spiro atoms. The molecule has 5 rings (SSSR count). The molecule has 1 saturated heterocycles. The second-order valence-corrected chi connectivity index (χ2v) is 8.41. The lowest BCUT2D eigenvalue weighted by Gasteiger charge is -2.37. The first-order chi connectivity index (χ1) is 15.1. The van der Waals surface area contributed by atoms with Gasteiger partial charge in [0.2, 0.25) is 5.95 Å². The van der Waals surface area contributed by atoms with Crippen LogP contribution < -0.4 is 10.2 Å². The van der Waals surface area contributed by atoms with Gasteiger partial charge in [-0.3, -0.25) is 4.79 Å². The van der Waals surface area contributed by atoms with Crippen molar-refractivity contribution >= 4 is 34.8 Å². The molecule has 0 saturated carbocycles. The lowest BCUT2D eigenvalue weighted by atomic mass is 9.85. The summed E-state index contributed by atoms with van der Waals surface area (Å²) in [5.41, 5.74) is 2.14. The number of fused-ring (bicyclic) bond motifs is 1. The molecule has 2 unspecified atom stereocenters. The Morgan fingerprint density at radius 3 is 2.81 bits per heavy atom. The molecule has 31 heavy (non-hydrogen) atoms. The fourth-order valence-corrected chi connectivity index (χ4v) is 4.42. The summed E-state index contributed by atoms with van der Waals surface area (Å²) in [6, 6.07) is -0.0496. The van der Waals surface area contributed by atoms with Gasteiger partial charge in [0.05, 0.1) is 18.4 Å². The number of amides is 1. The number of anilines is 2. The molecule has 160 valence electrons. The fraction of sp³-hybridized carbons (Fsp3) is 0.364. The van der Waals surface area contributed by atoms with E-state index in [2.05, 4.69) is 31.4 Å². The van der Waals surface area contributed by atoms with Gasteiger partial charge in [-0.1, -0.05) is 35.0 Å². The highest BCUT2D eigenvalue weighted by Crippen LogP contribution is 2.33. The number of hydrogen-bond donors (Lipinski definition) is 1. The monoisotopic (exact) mass is 438 g/mol. The maximum atomic E-state index is 12.8. The van der Waals surface area contributed by atoms with Crippen molar-refractivity contribution < 1.29 is 9.32 Å². The molecule has 2 aromatic rings. The lowest BCUT2D eigenvalue weighted by molar-refractivity contribution is -0.126. The number of piperidine rings is 1. The molecule has 0 radical (unpaired) electrons. The fourth-order valence-electron chi connectivity index (χ4n) is 4.28. The van der Waals surface area contributed by atoms with Crippen LogP contribution in [0, 0.1) is 5.92 Å². The third-order valence-electron chi connectivity index (χ3n) is 5.97. The molecular formula is C22H23ClN6O2. The normalized spacial score (nSPS) is 23.4. The highest BCUT2D eigenvalue weighted by atomic mass is 35.5. The van der Waals surface area contributed by atoms with Gasteiger partial charge in [-0.25, -0.2) is 4.98 Å². The average molecular weight is 439 g/mol. The van der Waals surface area contributed by atoms with E-state index in [1.807, 2.05) is 25.3 Å². The van der Waals surface area contributed by atoms with Crippen molar-refractivity contribution in [1.82, 2.24) is 20.0 Å². The van der Waals surface area contributed by atoms with Crippen molar-refractivity contribution in [3.63, 3.8) is 0 Å². The van der Waals surface area contributed by atoms with Gasteiger partial charge in [0.1, 0.15) is 11.3 Å². The number of hydrogen-bond acceptors (Lipinski definition) is 7. The number of rotatable bonds is 4. The van der Waals surface area contributed by atoms with Crippen LogP contribution >= 0.6 is 11.6 Å². The van der Waals surface area contributed by atoms with Crippen LogP contribution in [0.15, 0.2) is 53.2 Å². The quantitative estimate of drug-likeness (QED) is 0.781. The van der Waals surface area contributed by atoms with Crippen LogP contribution in [0.5, 0.6) is 0 Å². The van der Waals surface area contributed by atoms with Gasteiger partial charge in [-0.05, 0) is 25.3 Å². The number of likely N-dealkylation sites (N-methyl/N-ethyl adjacent to an activating group) is 1. The molecule has 8 nitrogen and oxygen atoms in total. The first-order valence-corrected chi connectivity index (χ1v) is 10.8. The highest BCUT2D eigenvalue weighted by Gasteiger charge is 2.34. The van der Waals surface area contributed by atoms with Gasteiger partial charge < -0.3 is 19.6 Å². The number of allylic oxidation sites excluding steroid dienone is 1. The standard InChI is InChI=1S/C22H23ClN6O2/c1-28-19-6-5-16(9-14(19)10-17(21(28)30)15-11-25-31-13-15)26-20-18(23)12-24-22(27-20)29-7-3-2-4-8-29/h5-6,9-14,19H,2-4,7-8H2,1H3,(H,24,26,27). The Balaban J connectivity index is 1.41. The molecule has 2 aliphatic heterocycles. The van der Waals surface area contributed by atoms with Gasteiger partial charge in [0.25, 0.3) is 5.91 Å². The molecule has 1 amide bonds. The van der Waals surface area contributed by atoms with Gasteiger partial charge in [0.15, 0.2) is 5.82 Å². The number of halogens is 1. The van der Waals surface area contributed by atoms with Crippen LogP contribution in [0.25, 0.3) is 5.57 Å². The van der Waals surface area contributed by atoms with Crippen LogP contribution in [-0.4, -0.2) is 52.1 Å². The Bertz CT molecular complexity index is 1070. The second-order valence-electron chi connectivity index (χ2n) is 8.00. The Labute approximate surface area is 185 Å². The maximum Gasteiger partial charge on any atom is 0.254 e. The number of nitrogens with one attached hydrogen (secondary N) is 1. The summed E-state index contributed by atoms with van der Waals surface area (Å²) >= 11 is 6.39. The summed E-state index contributed by atoms with van der Waals surface area (Å²) in [6.45, 7) is 1.93. The third-order valence-corrected chi connectivity index (χ3v) is 6.25. The predicted molar refractivity (Wildman–Crippen MR) is 118 cm³/mol. The largest absolute Gasteiger partial charge is 0.364 e. The minimum atomic E-state index is -0.0519. The molecule has 0 aromatic carbocycles. The summed E-state index contributed by atoms with van der Waals surface area (Å²) in [7, 11) is 1.81. The van der Waals surface area contributed by atoms with Gasteiger partial charge >= 0.3 is 0 Å². The molecule has 1 aliphatic carbocycles.